The Bertz CT molecular complexity index is 1240. The maximum atomic E-state index is 14.2. The zero-order chi connectivity index (χ0) is 28.5. The molecule has 6 atom stereocenters. The van der Waals surface area contributed by atoms with Gasteiger partial charge < -0.3 is 30.1 Å². The molecule has 3 amide bonds. The Morgan fingerprint density at radius 1 is 1.00 bits per heavy atom. The lowest BCUT2D eigenvalue weighted by Gasteiger charge is -2.36. The fourth-order valence-corrected chi connectivity index (χ4v) is 7.05. The molecule has 3 aliphatic heterocycles. The molecule has 40 heavy (non-hydrogen) atoms. The molecule has 2 aromatic rings. The second kappa shape index (κ2) is 11.2. The van der Waals surface area contributed by atoms with Gasteiger partial charge >= 0.3 is 0 Å². The quantitative estimate of drug-likeness (QED) is 0.367. The van der Waals surface area contributed by atoms with Gasteiger partial charge in [-0.3, -0.25) is 14.4 Å². The van der Waals surface area contributed by atoms with Gasteiger partial charge in [-0.15, -0.1) is 0 Å². The van der Waals surface area contributed by atoms with Gasteiger partial charge in [0.25, 0.3) is 0 Å². The number of amides is 3. The van der Waals surface area contributed by atoms with Crippen LogP contribution in [0.2, 0.25) is 0 Å². The number of ether oxygens (including phenoxy) is 2. The molecule has 3 aliphatic rings. The van der Waals surface area contributed by atoms with Gasteiger partial charge in [0.1, 0.15) is 17.4 Å². The summed E-state index contributed by atoms with van der Waals surface area (Å²) in [4.78, 5) is 43.7. The first-order valence-electron chi connectivity index (χ1n) is 14.2. The van der Waals surface area contributed by atoms with Crippen LogP contribution >= 0.6 is 0 Å². The summed E-state index contributed by atoms with van der Waals surface area (Å²) in [5.41, 5.74) is -0.747. The van der Waals surface area contributed by atoms with Gasteiger partial charge in [0.2, 0.25) is 17.7 Å². The predicted octanol–water partition coefficient (Wildman–Crippen LogP) is 3.84. The summed E-state index contributed by atoms with van der Waals surface area (Å²) < 4.78 is 12.0. The van der Waals surface area contributed by atoms with Crippen LogP contribution in [0.15, 0.2) is 54.6 Å². The van der Waals surface area contributed by atoms with Crippen LogP contribution in [-0.4, -0.2) is 65.2 Å². The van der Waals surface area contributed by atoms with Crippen molar-refractivity contribution in [3.8, 4) is 5.75 Å². The highest BCUT2D eigenvalue weighted by Crippen LogP contribution is 2.65. The molecule has 3 fully saturated rings. The second-order valence-electron chi connectivity index (χ2n) is 11.4. The third kappa shape index (κ3) is 4.75. The summed E-state index contributed by atoms with van der Waals surface area (Å²) in [5.74, 6) is -1.66. The number of nitrogens with zero attached hydrogens (tertiary/aromatic N) is 1. The average Bonchev–Trinajstić information content (AvgIpc) is 3.46. The molecule has 1 spiro atoms. The fourth-order valence-electron chi connectivity index (χ4n) is 7.05. The molecule has 9 heteroatoms. The number of unbranched alkanes of at least 4 members (excludes halogenated alkanes) is 3. The minimum atomic E-state index is -1.11. The second-order valence-corrected chi connectivity index (χ2v) is 11.4. The maximum Gasteiger partial charge on any atom is 0.250 e. The van der Waals surface area contributed by atoms with Crippen molar-refractivity contribution in [1.82, 2.24) is 4.90 Å². The van der Waals surface area contributed by atoms with Crippen molar-refractivity contribution in [2.75, 3.05) is 30.9 Å². The van der Waals surface area contributed by atoms with E-state index in [-0.39, 0.29) is 30.2 Å². The van der Waals surface area contributed by atoms with Crippen LogP contribution in [0, 0.1) is 17.8 Å². The normalized spacial score (nSPS) is 30.3. The molecule has 0 saturated carbocycles. The van der Waals surface area contributed by atoms with Gasteiger partial charge in [-0.1, -0.05) is 38.0 Å². The number of carbonyl (C=O) groups is 3. The minimum Gasteiger partial charge on any atom is -0.497 e. The highest BCUT2D eigenvalue weighted by atomic mass is 16.5. The first-order valence-corrected chi connectivity index (χ1v) is 14.2. The van der Waals surface area contributed by atoms with Crippen molar-refractivity contribution in [3.05, 3.63) is 54.6 Å². The number of carbonyl (C=O) groups excluding carboxylic acids is 3. The number of para-hydroxylation sites is 1. The predicted molar refractivity (Wildman–Crippen MR) is 151 cm³/mol. The lowest BCUT2D eigenvalue weighted by molar-refractivity contribution is -0.144. The Labute approximate surface area is 235 Å². The summed E-state index contributed by atoms with van der Waals surface area (Å²) in [6.07, 6.45) is 3.55. The summed E-state index contributed by atoms with van der Waals surface area (Å²) >= 11 is 0. The SMILES string of the molecule is COc1ccc(NC(=O)C2N(CCCCCCO)C(=O)[C@@H]3[C@@H](C(=O)Nc4ccccc4)[C@]4(C)OC23CC4C)cc1. The molecule has 3 unspecified atom stereocenters. The highest BCUT2D eigenvalue weighted by Gasteiger charge is 2.79. The summed E-state index contributed by atoms with van der Waals surface area (Å²) in [6, 6.07) is 15.4. The van der Waals surface area contributed by atoms with E-state index in [9.17, 15) is 14.4 Å². The number of anilines is 2. The molecular weight excluding hydrogens is 510 g/mol. The molecule has 2 aromatic carbocycles. The Balaban J connectivity index is 1.47. The van der Waals surface area contributed by atoms with Gasteiger partial charge in [-0.25, -0.2) is 0 Å². The van der Waals surface area contributed by atoms with Crippen LogP contribution < -0.4 is 15.4 Å². The summed E-state index contributed by atoms with van der Waals surface area (Å²) in [6.45, 7) is 4.45. The first kappa shape index (κ1) is 28.1. The Morgan fingerprint density at radius 3 is 2.33 bits per heavy atom. The van der Waals surface area contributed by atoms with Crippen LogP contribution in [0.1, 0.15) is 46.0 Å². The largest absolute Gasteiger partial charge is 0.497 e. The third-order valence-electron chi connectivity index (χ3n) is 9.05. The van der Waals surface area contributed by atoms with E-state index in [4.69, 9.17) is 14.6 Å². The number of fused-ring (bicyclic) bond motifs is 1. The topological polar surface area (TPSA) is 117 Å². The number of nitrogens with one attached hydrogen (secondary N) is 2. The molecule has 3 saturated heterocycles. The van der Waals surface area contributed by atoms with Crippen LogP contribution in [0.3, 0.4) is 0 Å². The lowest BCUT2D eigenvalue weighted by Crippen LogP contribution is -2.54. The molecule has 3 heterocycles. The fraction of sp³-hybridized carbons (Fsp3) is 0.516. The third-order valence-corrected chi connectivity index (χ3v) is 9.05. The van der Waals surface area contributed by atoms with Crippen LogP contribution in [-0.2, 0) is 19.1 Å². The molecule has 3 N–H and O–H groups in total. The monoisotopic (exact) mass is 549 g/mol. The number of likely N-dealkylation sites (tertiary alicyclic amines) is 1. The number of aliphatic hydroxyl groups is 1. The number of methoxy groups -OCH3 is 1. The molecular formula is C31H39N3O6. The van der Waals surface area contributed by atoms with Crippen LogP contribution in [0.4, 0.5) is 11.4 Å². The Kier molecular flexibility index (Phi) is 7.88. The smallest absolute Gasteiger partial charge is 0.250 e. The van der Waals surface area contributed by atoms with E-state index in [1.807, 2.05) is 44.2 Å². The molecule has 9 nitrogen and oxygen atoms in total. The van der Waals surface area contributed by atoms with Crippen molar-refractivity contribution < 1.29 is 29.0 Å². The first-order chi connectivity index (χ1) is 19.2. The molecule has 214 valence electrons. The number of hydrogen-bond donors (Lipinski definition) is 3. The van der Waals surface area contributed by atoms with E-state index in [1.54, 1.807) is 36.3 Å². The van der Waals surface area contributed by atoms with E-state index in [0.717, 1.165) is 12.8 Å². The van der Waals surface area contributed by atoms with Crippen molar-refractivity contribution >= 4 is 29.1 Å². The highest BCUT2D eigenvalue weighted by molar-refractivity contribution is 6.05. The van der Waals surface area contributed by atoms with Crippen LogP contribution in [0.5, 0.6) is 5.75 Å². The number of aliphatic hydroxyl groups excluding tert-OH is 1. The zero-order valence-electron chi connectivity index (χ0n) is 23.4. The van der Waals surface area contributed by atoms with E-state index < -0.39 is 29.1 Å². The van der Waals surface area contributed by atoms with Gasteiger partial charge in [-0.05, 0) is 68.5 Å². The minimum absolute atomic E-state index is 0.0381. The zero-order valence-corrected chi connectivity index (χ0v) is 23.4. The van der Waals surface area contributed by atoms with Crippen LogP contribution in [0.25, 0.3) is 0 Å². The number of hydrogen-bond acceptors (Lipinski definition) is 6. The number of benzene rings is 2. The lowest BCUT2D eigenvalue weighted by atomic mass is 9.62. The standard InChI is InChI=1S/C31H39N3O6/c1-20-19-31-25(24(30(20,2)40-31)27(36)32-21-11-7-6-8-12-21)29(38)34(17-9-4-5-10-18-35)26(31)28(37)33-22-13-15-23(39-3)16-14-22/h6-8,11-16,20,24-26,35H,4-5,9-10,17-19H2,1-3H3,(H,32,36)(H,33,37)/t20?,24-,25-,26?,30+,31?/m0/s1. The Hall–Kier alpha value is -3.43. The molecule has 0 aromatic heterocycles. The van der Waals surface area contributed by atoms with E-state index >= 15 is 0 Å². The molecule has 0 aliphatic carbocycles. The Morgan fingerprint density at radius 2 is 1.65 bits per heavy atom. The van der Waals surface area contributed by atoms with Crippen molar-refractivity contribution in [2.45, 2.75) is 63.2 Å². The van der Waals surface area contributed by atoms with E-state index in [1.165, 1.54) is 0 Å². The number of rotatable bonds is 11. The van der Waals surface area contributed by atoms with Crippen molar-refractivity contribution in [1.29, 1.82) is 0 Å². The van der Waals surface area contributed by atoms with E-state index in [2.05, 4.69) is 10.6 Å². The average molecular weight is 550 g/mol. The maximum absolute atomic E-state index is 14.2. The summed E-state index contributed by atoms with van der Waals surface area (Å²) in [7, 11) is 1.58. The molecule has 5 rings (SSSR count). The van der Waals surface area contributed by atoms with Gasteiger partial charge in [0.15, 0.2) is 0 Å². The molecule has 0 radical (unpaired) electrons. The van der Waals surface area contributed by atoms with Gasteiger partial charge in [-0.2, -0.15) is 0 Å². The summed E-state index contributed by atoms with van der Waals surface area (Å²) in [5, 5.41) is 15.1. The van der Waals surface area contributed by atoms with Crippen molar-refractivity contribution in [3.63, 3.8) is 0 Å². The van der Waals surface area contributed by atoms with Crippen molar-refractivity contribution in [2.24, 2.45) is 17.8 Å². The molecule has 2 bridgehead atoms. The van der Waals surface area contributed by atoms with Gasteiger partial charge in [0, 0.05) is 24.5 Å². The van der Waals surface area contributed by atoms with E-state index in [0.29, 0.717) is 42.9 Å². The van der Waals surface area contributed by atoms with Gasteiger partial charge in [0.05, 0.1) is 24.5 Å².